The molecule has 0 atom stereocenters. The molecule has 2 aliphatic rings. The van der Waals surface area contributed by atoms with Gasteiger partial charge in [0, 0.05) is 23.0 Å². The van der Waals surface area contributed by atoms with Crippen LogP contribution < -0.4 is 5.32 Å². The third-order valence-electron chi connectivity index (χ3n) is 3.58. The summed E-state index contributed by atoms with van der Waals surface area (Å²) >= 11 is 3.63. The molecular formula is C13H13BrFN. The van der Waals surface area contributed by atoms with E-state index in [1.807, 2.05) is 12.1 Å². The van der Waals surface area contributed by atoms with Crippen molar-refractivity contribution in [2.75, 3.05) is 13.1 Å². The molecule has 1 aliphatic heterocycles. The van der Waals surface area contributed by atoms with Crippen molar-refractivity contribution in [1.82, 2.24) is 5.32 Å². The van der Waals surface area contributed by atoms with E-state index in [1.54, 1.807) is 0 Å². The summed E-state index contributed by atoms with van der Waals surface area (Å²) in [5.74, 6) is -0.178. The number of hydrogen-bond donors (Lipinski definition) is 1. The molecule has 1 saturated carbocycles. The lowest BCUT2D eigenvalue weighted by Gasteiger charge is -2.52. The molecular weight excluding hydrogens is 269 g/mol. The van der Waals surface area contributed by atoms with Crippen LogP contribution in [0, 0.1) is 11.2 Å². The van der Waals surface area contributed by atoms with Crippen LogP contribution in [0.2, 0.25) is 0 Å². The van der Waals surface area contributed by atoms with Crippen LogP contribution in [0.15, 0.2) is 29.8 Å². The number of hydrogen-bond acceptors (Lipinski definition) is 1. The summed E-state index contributed by atoms with van der Waals surface area (Å²) in [4.78, 5) is 0. The van der Waals surface area contributed by atoms with Crippen molar-refractivity contribution in [2.24, 2.45) is 5.41 Å². The summed E-state index contributed by atoms with van der Waals surface area (Å²) in [6, 6.07) is 6.68. The predicted molar refractivity (Wildman–Crippen MR) is 66.8 cm³/mol. The van der Waals surface area contributed by atoms with Crippen molar-refractivity contribution in [3.05, 3.63) is 41.2 Å². The molecule has 16 heavy (non-hydrogen) atoms. The molecule has 1 aromatic carbocycles. The maximum atomic E-state index is 12.8. The maximum absolute atomic E-state index is 12.8. The van der Waals surface area contributed by atoms with Gasteiger partial charge in [-0.05, 0) is 30.5 Å². The fourth-order valence-electron chi connectivity index (χ4n) is 2.54. The van der Waals surface area contributed by atoms with Crippen LogP contribution in [0.4, 0.5) is 4.39 Å². The van der Waals surface area contributed by atoms with Gasteiger partial charge >= 0.3 is 0 Å². The normalized spacial score (nSPS) is 21.5. The Morgan fingerprint density at radius 3 is 2.31 bits per heavy atom. The van der Waals surface area contributed by atoms with Gasteiger partial charge in [0.2, 0.25) is 0 Å². The third-order valence-corrected chi connectivity index (χ3v) is 4.60. The third kappa shape index (κ3) is 1.62. The first-order chi connectivity index (χ1) is 7.69. The van der Waals surface area contributed by atoms with Crippen LogP contribution in [0.5, 0.6) is 0 Å². The van der Waals surface area contributed by atoms with Crippen molar-refractivity contribution >= 4 is 20.4 Å². The van der Waals surface area contributed by atoms with Gasteiger partial charge in [0.05, 0.1) is 0 Å². The zero-order chi connectivity index (χ0) is 11.2. The maximum Gasteiger partial charge on any atom is 0.123 e. The lowest BCUT2D eigenvalue weighted by Crippen LogP contribution is -2.58. The van der Waals surface area contributed by atoms with E-state index in [0.29, 0.717) is 5.41 Å². The van der Waals surface area contributed by atoms with Crippen molar-refractivity contribution in [2.45, 2.75) is 12.8 Å². The highest BCUT2D eigenvalue weighted by Crippen LogP contribution is 2.51. The number of allylic oxidation sites excluding steroid dienone is 1. The molecule has 0 amide bonds. The smallest absolute Gasteiger partial charge is 0.123 e. The van der Waals surface area contributed by atoms with Crippen LogP contribution in [0.25, 0.3) is 4.48 Å². The minimum absolute atomic E-state index is 0.178. The molecule has 1 spiro atoms. The number of halogens is 2. The van der Waals surface area contributed by atoms with Gasteiger partial charge < -0.3 is 5.32 Å². The summed E-state index contributed by atoms with van der Waals surface area (Å²) in [5, 5.41) is 3.32. The zero-order valence-electron chi connectivity index (χ0n) is 8.89. The molecule has 0 bridgehead atoms. The molecule has 0 aromatic heterocycles. The van der Waals surface area contributed by atoms with Crippen LogP contribution >= 0.6 is 15.9 Å². The first-order valence-electron chi connectivity index (χ1n) is 5.53. The Labute approximate surface area is 103 Å². The van der Waals surface area contributed by atoms with Gasteiger partial charge in [-0.15, -0.1) is 0 Å². The number of nitrogens with one attached hydrogen (secondary N) is 1. The first-order valence-corrected chi connectivity index (χ1v) is 6.32. The van der Waals surface area contributed by atoms with E-state index in [0.717, 1.165) is 23.1 Å². The van der Waals surface area contributed by atoms with Crippen molar-refractivity contribution in [1.29, 1.82) is 0 Å². The molecule has 1 aromatic rings. The summed E-state index contributed by atoms with van der Waals surface area (Å²) in [7, 11) is 0. The second kappa shape index (κ2) is 3.67. The molecule has 1 nitrogen and oxygen atoms in total. The highest BCUT2D eigenvalue weighted by Gasteiger charge is 2.46. The highest BCUT2D eigenvalue weighted by atomic mass is 79.9. The predicted octanol–water partition coefficient (Wildman–Crippen LogP) is 3.32. The molecule has 1 heterocycles. The topological polar surface area (TPSA) is 12.0 Å². The standard InChI is InChI=1S/C13H13BrFN/c14-12(9-1-3-11(15)4-2-9)10-5-13(6-10)7-16-8-13/h1-4,16H,5-8H2. The van der Waals surface area contributed by atoms with Crippen molar-refractivity contribution in [3.63, 3.8) is 0 Å². The molecule has 84 valence electrons. The average molecular weight is 282 g/mol. The Hall–Kier alpha value is -0.670. The minimum Gasteiger partial charge on any atom is -0.315 e. The van der Waals surface area contributed by atoms with Gasteiger partial charge in [0.25, 0.3) is 0 Å². The summed E-state index contributed by atoms with van der Waals surface area (Å²) in [5.41, 5.74) is 3.10. The average Bonchev–Trinajstić information content (AvgIpc) is 2.14. The van der Waals surface area contributed by atoms with Crippen molar-refractivity contribution in [3.8, 4) is 0 Å². The number of benzene rings is 1. The lowest BCUT2D eigenvalue weighted by molar-refractivity contribution is 0.113. The van der Waals surface area contributed by atoms with E-state index in [1.165, 1.54) is 30.5 Å². The van der Waals surface area contributed by atoms with Gasteiger partial charge in [-0.3, -0.25) is 0 Å². The quantitative estimate of drug-likeness (QED) is 0.833. The molecule has 0 unspecified atom stereocenters. The Bertz CT molecular complexity index is 436. The van der Waals surface area contributed by atoms with E-state index in [2.05, 4.69) is 21.2 Å². The summed E-state index contributed by atoms with van der Waals surface area (Å²) in [6.07, 6.45) is 2.36. The van der Waals surface area contributed by atoms with Crippen molar-refractivity contribution < 1.29 is 4.39 Å². The van der Waals surface area contributed by atoms with Crippen LogP contribution in [-0.2, 0) is 0 Å². The second-order valence-electron chi connectivity index (χ2n) is 4.88. The largest absolute Gasteiger partial charge is 0.315 e. The monoisotopic (exact) mass is 281 g/mol. The Morgan fingerprint density at radius 2 is 1.81 bits per heavy atom. The summed E-state index contributed by atoms with van der Waals surface area (Å²) in [6.45, 7) is 2.31. The van der Waals surface area contributed by atoms with E-state index in [9.17, 15) is 4.39 Å². The zero-order valence-corrected chi connectivity index (χ0v) is 10.5. The van der Waals surface area contributed by atoms with Gasteiger partial charge in [-0.25, -0.2) is 4.39 Å². The van der Waals surface area contributed by atoms with Gasteiger partial charge in [-0.2, -0.15) is 0 Å². The molecule has 1 N–H and O–H groups in total. The Kier molecular flexibility index (Phi) is 2.41. The fourth-order valence-corrected chi connectivity index (χ4v) is 3.08. The molecule has 1 saturated heterocycles. The molecule has 0 radical (unpaired) electrons. The van der Waals surface area contributed by atoms with Crippen LogP contribution in [0.3, 0.4) is 0 Å². The molecule has 2 fully saturated rings. The summed E-state index contributed by atoms with van der Waals surface area (Å²) < 4.78 is 14.0. The van der Waals surface area contributed by atoms with Gasteiger partial charge in [0.1, 0.15) is 5.82 Å². The minimum atomic E-state index is -0.178. The van der Waals surface area contributed by atoms with E-state index in [4.69, 9.17) is 0 Å². The van der Waals surface area contributed by atoms with E-state index in [-0.39, 0.29) is 5.82 Å². The SMILES string of the molecule is Fc1ccc(C(Br)=C2CC3(CNC3)C2)cc1. The second-order valence-corrected chi connectivity index (χ2v) is 5.67. The van der Waals surface area contributed by atoms with E-state index >= 15 is 0 Å². The fraction of sp³-hybridized carbons (Fsp3) is 0.385. The molecule has 3 rings (SSSR count). The lowest BCUT2D eigenvalue weighted by atomic mass is 9.61. The van der Waals surface area contributed by atoms with Gasteiger partial charge in [-0.1, -0.05) is 33.6 Å². The Balaban J connectivity index is 1.80. The molecule has 1 aliphatic carbocycles. The highest BCUT2D eigenvalue weighted by molar-refractivity contribution is 9.15. The Morgan fingerprint density at radius 1 is 1.19 bits per heavy atom. The number of rotatable bonds is 1. The van der Waals surface area contributed by atoms with E-state index < -0.39 is 0 Å². The molecule has 3 heteroatoms. The van der Waals surface area contributed by atoms with Crippen LogP contribution in [-0.4, -0.2) is 13.1 Å². The van der Waals surface area contributed by atoms with Gasteiger partial charge in [0.15, 0.2) is 0 Å². The first kappa shape index (κ1) is 10.5. The van der Waals surface area contributed by atoms with Crippen LogP contribution in [0.1, 0.15) is 18.4 Å².